The van der Waals surface area contributed by atoms with Gasteiger partial charge < -0.3 is 81.9 Å². The minimum Gasteiger partial charge on any atom is -0.387 e. The Labute approximate surface area is 465 Å². The molecule has 0 spiro atoms. The van der Waals surface area contributed by atoms with Crippen molar-refractivity contribution in [3.05, 3.63) is 74.5 Å². The number of hydrogen-bond acceptors (Lipinski definition) is 30. The van der Waals surface area contributed by atoms with Gasteiger partial charge in [-0.25, -0.2) is 32.8 Å². The summed E-state index contributed by atoms with van der Waals surface area (Å²) in [7, 11) is -22.6. The third kappa shape index (κ3) is 12.5. The smallest absolute Gasteiger partial charge is 0.387 e. The molecule has 83 heavy (non-hydrogen) atoms. The number of halogens is 1. The number of anilines is 4. The Morgan fingerprint density at radius 2 is 1.22 bits per heavy atom. The van der Waals surface area contributed by atoms with Gasteiger partial charge in [0.25, 0.3) is 17.1 Å². The number of phosphoric ester groups is 3. The second-order valence-corrected chi connectivity index (χ2v) is 24.8. The van der Waals surface area contributed by atoms with Crippen LogP contribution in [0.1, 0.15) is 24.2 Å². The standard InChI is InChI=1S/C38H47ClN16O24P4/c1-70-26-25(77-80(62,63)71-7-15-21(56)23(58)33(74-15)53-11-45-19-29(53)48-37(42)50-31(19)60)17(76-35(26)54-10-44-18-27(40)46-36(41)47-28(18)54)9-73-82(66,67)79-83(68,69)78-81(64,65)72-8-16-22(57)24(59)34(75-16)55-12-52(6-13-2-4-14(39)5-3-13)20-30(55)49-38(43)51-32(20)61/h2-5,10-12,15-17,21-26,33-35,56-59H,6-9H2,1H3,(H13-,40,41,42,43,46,47,48,49,50,51,60,61,62,63,64,65,66,67,68,69)/p+1. The molecule has 3 fully saturated rings. The van der Waals surface area contributed by atoms with Crippen molar-refractivity contribution in [1.82, 2.24) is 53.6 Å². The van der Waals surface area contributed by atoms with Crippen molar-refractivity contribution in [3.8, 4) is 0 Å². The van der Waals surface area contributed by atoms with Gasteiger partial charge in [-0.2, -0.15) is 23.6 Å². The van der Waals surface area contributed by atoms with E-state index in [1.807, 2.05) is 0 Å². The summed E-state index contributed by atoms with van der Waals surface area (Å²) in [5.41, 5.74) is 21.8. The number of aliphatic hydroxyl groups excluding tert-OH is 4. The number of nitrogens with one attached hydrogen (secondary N) is 2. The van der Waals surface area contributed by atoms with E-state index in [0.29, 0.717) is 10.6 Å². The van der Waals surface area contributed by atoms with Crippen LogP contribution in [-0.2, 0) is 70.5 Å². The van der Waals surface area contributed by atoms with Crippen molar-refractivity contribution >= 4 is 100 Å². The van der Waals surface area contributed by atoms with Gasteiger partial charge in [0.2, 0.25) is 23.6 Å². The number of nitrogens with two attached hydrogens (primary N) is 4. The average molecular weight is 1270 g/mol. The largest absolute Gasteiger partial charge is 0.490 e. The molecular formula is C38H48ClN16O24P4+. The molecule has 40 nitrogen and oxygen atoms in total. The molecule has 7 aromatic rings. The highest BCUT2D eigenvalue weighted by Crippen LogP contribution is 2.68. The number of aromatic nitrogens is 12. The van der Waals surface area contributed by atoms with E-state index in [9.17, 15) is 67.8 Å². The van der Waals surface area contributed by atoms with Gasteiger partial charge in [0.1, 0.15) is 60.5 Å². The number of imidazole rings is 3. The lowest BCUT2D eigenvalue weighted by Gasteiger charge is -2.26. The number of rotatable bonds is 21. The number of phosphoric acid groups is 4. The average Bonchev–Trinajstić information content (AvgIpc) is 4.34. The number of aromatic amines is 2. The van der Waals surface area contributed by atoms with Crippen molar-refractivity contribution in [2.24, 2.45) is 0 Å². The molecule has 0 bridgehead atoms. The Morgan fingerprint density at radius 3 is 1.88 bits per heavy atom. The third-order valence-corrected chi connectivity index (χ3v) is 18.3. The molecule has 0 saturated carbocycles. The molecule has 450 valence electrons. The van der Waals surface area contributed by atoms with E-state index in [1.165, 1.54) is 10.9 Å². The maximum absolute atomic E-state index is 13.8. The van der Waals surface area contributed by atoms with E-state index in [4.69, 9.17) is 71.6 Å². The molecule has 0 amide bonds. The summed E-state index contributed by atoms with van der Waals surface area (Å²) >= 11 is 6.01. The Hall–Kier alpha value is -5.84. The van der Waals surface area contributed by atoms with Gasteiger partial charge >= 0.3 is 36.9 Å². The Balaban J connectivity index is 0.805. The van der Waals surface area contributed by atoms with E-state index < -0.39 is 136 Å². The maximum Gasteiger partial charge on any atom is 0.490 e. The normalized spacial score (nSPS) is 28.7. The highest BCUT2D eigenvalue weighted by molar-refractivity contribution is 7.66. The SMILES string of the molecule is COC1C(OP(=O)(O)OCC2OC(n3cnc4c(=O)[nH]c(N)nc43)C(O)C2O)C(COP(=O)(O)OP(=O)(O)OP(=O)(O)OCC2OC([n+]3cn(Cc4ccc(Cl)cc4)c4c(=O)[nH]c(N)nc43)C(O)C2O)OC1n1cnc2c(N)nc(N)nc21. The summed E-state index contributed by atoms with van der Waals surface area (Å²) in [5, 5.41) is 44.3. The second kappa shape index (κ2) is 22.9. The van der Waals surface area contributed by atoms with E-state index >= 15 is 0 Å². The number of fused-ring (bicyclic) bond motifs is 3. The number of ether oxygens (including phenoxy) is 4. The molecular weight excluding hydrogens is 1220 g/mol. The molecule has 18 N–H and O–H groups in total. The molecule has 1 aromatic carbocycles. The number of H-pyrrole nitrogens is 2. The lowest BCUT2D eigenvalue weighted by molar-refractivity contribution is -0.745. The molecule has 3 aliphatic heterocycles. The van der Waals surface area contributed by atoms with Gasteiger partial charge in [-0.05, 0) is 17.7 Å². The molecule has 10 rings (SSSR count). The van der Waals surface area contributed by atoms with Crippen molar-refractivity contribution < 1.29 is 108 Å². The quantitative estimate of drug-likeness (QED) is 0.0252. The molecule has 9 heterocycles. The Morgan fingerprint density at radius 1 is 0.663 bits per heavy atom. The second-order valence-electron chi connectivity index (χ2n) is 18.3. The number of nitrogens with zero attached hydrogens (tertiary/aromatic N) is 10. The van der Waals surface area contributed by atoms with Crippen molar-refractivity contribution in [2.45, 2.75) is 80.2 Å². The first-order chi connectivity index (χ1) is 39.0. The summed E-state index contributed by atoms with van der Waals surface area (Å²) < 4.78 is 110. The summed E-state index contributed by atoms with van der Waals surface area (Å²) in [4.78, 5) is 96.9. The molecule has 16 atom stereocenters. The number of hydrogen-bond donors (Lipinski definition) is 14. The predicted molar refractivity (Wildman–Crippen MR) is 273 cm³/mol. The highest BCUT2D eigenvalue weighted by Gasteiger charge is 2.54. The van der Waals surface area contributed by atoms with Crippen LogP contribution >= 0.6 is 42.9 Å². The maximum atomic E-state index is 13.8. The van der Waals surface area contributed by atoms with Crippen LogP contribution in [0, 0.1) is 0 Å². The molecule has 0 aliphatic carbocycles. The summed E-state index contributed by atoms with van der Waals surface area (Å²) in [6.07, 6.45) is -17.4. The van der Waals surface area contributed by atoms with Crippen LogP contribution in [0.2, 0.25) is 5.02 Å². The Kier molecular flexibility index (Phi) is 16.6. The van der Waals surface area contributed by atoms with Crippen molar-refractivity contribution in [3.63, 3.8) is 0 Å². The van der Waals surface area contributed by atoms with Crippen molar-refractivity contribution in [2.75, 3.05) is 49.9 Å². The number of aliphatic hydroxyl groups is 4. The summed E-state index contributed by atoms with van der Waals surface area (Å²) in [6, 6.07) is 6.56. The van der Waals surface area contributed by atoms with Crippen LogP contribution in [0.4, 0.5) is 23.7 Å². The van der Waals surface area contributed by atoms with Gasteiger partial charge in [0.05, 0.1) is 39.0 Å². The summed E-state index contributed by atoms with van der Waals surface area (Å²) in [5.74, 6) is -1.22. The van der Waals surface area contributed by atoms with Gasteiger partial charge in [0, 0.05) is 12.1 Å². The Bertz CT molecular complexity index is 3930. The minimum absolute atomic E-state index is 0.0328. The lowest BCUT2D eigenvalue weighted by atomic mass is 10.1. The lowest BCUT2D eigenvalue weighted by Crippen LogP contribution is -2.46. The molecule has 0 radical (unpaired) electrons. The fourth-order valence-electron chi connectivity index (χ4n) is 9.19. The number of methoxy groups -OCH3 is 1. The fraction of sp³-hybridized carbons (Fsp3) is 0.447. The van der Waals surface area contributed by atoms with Crippen LogP contribution < -0.4 is 38.6 Å². The van der Waals surface area contributed by atoms with E-state index in [0.717, 1.165) is 33.5 Å². The summed E-state index contributed by atoms with van der Waals surface area (Å²) in [6.45, 7) is -3.44. The number of benzene rings is 1. The topological polar surface area (TPSA) is 588 Å². The monoisotopic (exact) mass is 1270 g/mol. The van der Waals surface area contributed by atoms with Crippen molar-refractivity contribution in [1.29, 1.82) is 0 Å². The highest BCUT2D eigenvalue weighted by atomic mass is 35.5. The third-order valence-electron chi connectivity index (χ3n) is 12.8. The minimum atomic E-state index is -6.26. The predicted octanol–water partition coefficient (Wildman–Crippen LogP) is -2.96. The molecule has 3 aliphatic rings. The van der Waals surface area contributed by atoms with Crippen LogP contribution in [0.5, 0.6) is 0 Å². The molecule has 16 unspecified atom stereocenters. The van der Waals surface area contributed by atoms with Gasteiger partial charge in [0.15, 0.2) is 41.4 Å². The van der Waals surface area contributed by atoms with Crippen LogP contribution in [0.3, 0.4) is 0 Å². The first kappa shape index (κ1) is 60.3. The van der Waals surface area contributed by atoms with Crippen LogP contribution in [0.15, 0.2) is 52.8 Å². The van der Waals surface area contributed by atoms with Crippen LogP contribution in [-0.4, -0.2) is 175 Å². The van der Waals surface area contributed by atoms with E-state index in [-0.39, 0.29) is 63.7 Å². The first-order valence-corrected chi connectivity index (χ1v) is 30.0. The molecule has 3 saturated heterocycles. The zero-order chi connectivity index (χ0) is 59.8. The zero-order valence-corrected chi connectivity index (χ0v) is 46.2. The number of nitrogen functional groups attached to an aromatic ring is 4. The first-order valence-electron chi connectivity index (χ1n) is 23.6. The van der Waals surface area contributed by atoms with Gasteiger partial charge in [-0.1, -0.05) is 28.7 Å². The van der Waals surface area contributed by atoms with E-state index in [2.05, 4.69) is 48.5 Å². The van der Waals surface area contributed by atoms with E-state index in [1.54, 1.807) is 24.3 Å². The van der Waals surface area contributed by atoms with Gasteiger partial charge in [-0.15, -0.1) is 0 Å². The van der Waals surface area contributed by atoms with Crippen LogP contribution in [0.25, 0.3) is 33.5 Å². The van der Waals surface area contributed by atoms with Gasteiger partial charge in [-0.3, -0.25) is 51.4 Å². The fourth-order valence-corrected chi connectivity index (χ4v) is 13.8. The molecule has 6 aromatic heterocycles. The zero-order valence-electron chi connectivity index (χ0n) is 41.9. The molecule has 45 heteroatoms.